The number of rotatable bonds is 8. The van der Waals surface area contributed by atoms with Crippen LogP contribution in [0.1, 0.15) is 38.5 Å². The molecule has 0 aliphatic carbocycles. The SMILES string of the molecule is COC(=O)C(=O)N[C@@H](CNC(=O)[C@@H]1CCCN(C(=O)CCC2CCNCC2)C1)C(=O)O. The molecular weight excluding hydrogens is 408 g/mol. The van der Waals surface area contributed by atoms with Gasteiger partial charge in [0.1, 0.15) is 6.04 Å². The fourth-order valence-corrected chi connectivity index (χ4v) is 3.93. The fourth-order valence-electron chi connectivity index (χ4n) is 3.93. The molecule has 2 fully saturated rings. The van der Waals surface area contributed by atoms with Gasteiger partial charge in [0, 0.05) is 26.1 Å². The number of nitrogens with one attached hydrogen (secondary N) is 3. The third-order valence-electron chi connectivity index (χ3n) is 5.82. The summed E-state index contributed by atoms with van der Waals surface area (Å²) in [6.07, 6.45) is 4.77. The summed E-state index contributed by atoms with van der Waals surface area (Å²) >= 11 is 0. The average molecular weight is 440 g/mol. The van der Waals surface area contributed by atoms with Gasteiger partial charge in [-0.15, -0.1) is 0 Å². The Labute approximate surface area is 181 Å². The van der Waals surface area contributed by atoms with E-state index in [0.29, 0.717) is 38.3 Å². The lowest BCUT2D eigenvalue weighted by Crippen LogP contribution is -2.52. The van der Waals surface area contributed by atoms with Crippen molar-refractivity contribution in [3.8, 4) is 0 Å². The molecular formula is C20H32N4O7. The van der Waals surface area contributed by atoms with Crippen LogP contribution in [0.2, 0.25) is 0 Å². The Morgan fingerprint density at radius 1 is 1.16 bits per heavy atom. The molecule has 2 rings (SSSR count). The highest BCUT2D eigenvalue weighted by Crippen LogP contribution is 2.21. The van der Waals surface area contributed by atoms with E-state index in [1.54, 1.807) is 4.90 Å². The first-order valence-corrected chi connectivity index (χ1v) is 10.7. The number of esters is 1. The van der Waals surface area contributed by atoms with Gasteiger partial charge < -0.3 is 30.7 Å². The Bertz CT molecular complexity index is 678. The van der Waals surface area contributed by atoms with E-state index in [1.807, 2.05) is 5.32 Å². The first kappa shape index (κ1) is 24.6. The lowest BCUT2D eigenvalue weighted by molar-refractivity contribution is -0.154. The van der Waals surface area contributed by atoms with Gasteiger partial charge in [-0.05, 0) is 51.1 Å². The molecule has 3 amide bonds. The average Bonchev–Trinajstić information content (AvgIpc) is 2.79. The number of aliphatic carboxylic acids is 1. The molecule has 31 heavy (non-hydrogen) atoms. The lowest BCUT2D eigenvalue weighted by Gasteiger charge is -2.33. The van der Waals surface area contributed by atoms with E-state index >= 15 is 0 Å². The van der Waals surface area contributed by atoms with Crippen molar-refractivity contribution >= 4 is 29.7 Å². The van der Waals surface area contributed by atoms with Crippen molar-refractivity contribution < 1.29 is 33.8 Å². The molecule has 11 heteroatoms. The minimum atomic E-state index is -1.47. The summed E-state index contributed by atoms with van der Waals surface area (Å²) in [6, 6.07) is -1.47. The zero-order chi connectivity index (χ0) is 22.8. The number of piperidine rings is 2. The van der Waals surface area contributed by atoms with Gasteiger partial charge in [-0.3, -0.25) is 14.4 Å². The molecule has 0 unspecified atom stereocenters. The van der Waals surface area contributed by atoms with Crippen LogP contribution in [0.25, 0.3) is 0 Å². The predicted molar refractivity (Wildman–Crippen MR) is 109 cm³/mol. The molecule has 0 aromatic heterocycles. The molecule has 2 heterocycles. The van der Waals surface area contributed by atoms with Gasteiger partial charge in [0.05, 0.1) is 13.0 Å². The maximum atomic E-state index is 12.6. The minimum Gasteiger partial charge on any atom is -0.480 e. The van der Waals surface area contributed by atoms with Gasteiger partial charge in [0.15, 0.2) is 0 Å². The van der Waals surface area contributed by atoms with Gasteiger partial charge in [0.25, 0.3) is 0 Å². The van der Waals surface area contributed by atoms with E-state index in [1.165, 1.54) is 0 Å². The Morgan fingerprint density at radius 3 is 2.52 bits per heavy atom. The van der Waals surface area contributed by atoms with Gasteiger partial charge in [-0.25, -0.2) is 9.59 Å². The number of amides is 3. The Kier molecular flexibility index (Phi) is 9.70. The monoisotopic (exact) mass is 440 g/mol. The molecule has 0 aromatic rings. The molecule has 2 atom stereocenters. The second-order valence-electron chi connectivity index (χ2n) is 8.01. The molecule has 0 radical (unpaired) electrons. The second kappa shape index (κ2) is 12.2. The van der Waals surface area contributed by atoms with Crippen molar-refractivity contribution in [1.29, 1.82) is 0 Å². The van der Waals surface area contributed by atoms with Crippen LogP contribution in [0.5, 0.6) is 0 Å². The minimum absolute atomic E-state index is 0.0461. The second-order valence-corrected chi connectivity index (χ2v) is 8.01. The van der Waals surface area contributed by atoms with Gasteiger partial charge in [-0.1, -0.05) is 0 Å². The lowest BCUT2D eigenvalue weighted by atomic mass is 9.92. The Morgan fingerprint density at radius 2 is 1.87 bits per heavy atom. The zero-order valence-corrected chi connectivity index (χ0v) is 17.9. The van der Waals surface area contributed by atoms with Crippen molar-refractivity contribution in [2.75, 3.05) is 39.8 Å². The van der Waals surface area contributed by atoms with Gasteiger partial charge >= 0.3 is 17.8 Å². The van der Waals surface area contributed by atoms with Crippen LogP contribution >= 0.6 is 0 Å². The van der Waals surface area contributed by atoms with Gasteiger partial charge in [0.2, 0.25) is 11.8 Å². The van der Waals surface area contributed by atoms with Crippen molar-refractivity contribution in [2.45, 2.75) is 44.6 Å². The van der Waals surface area contributed by atoms with Gasteiger partial charge in [-0.2, -0.15) is 0 Å². The predicted octanol–water partition coefficient (Wildman–Crippen LogP) is -1.14. The van der Waals surface area contributed by atoms with Crippen LogP contribution in [0.3, 0.4) is 0 Å². The Hall–Kier alpha value is -2.69. The molecule has 4 N–H and O–H groups in total. The topological polar surface area (TPSA) is 154 Å². The molecule has 0 bridgehead atoms. The summed E-state index contributed by atoms with van der Waals surface area (Å²) < 4.78 is 4.23. The molecule has 2 aliphatic heterocycles. The number of carboxylic acids is 1. The quantitative estimate of drug-likeness (QED) is 0.273. The summed E-state index contributed by atoms with van der Waals surface area (Å²) in [5.41, 5.74) is 0. The van der Waals surface area contributed by atoms with Crippen LogP contribution in [-0.4, -0.2) is 85.5 Å². The fraction of sp³-hybridized carbons (Fsp3) is 0.750. The van der Waals surface area contributed by atoms with Crippen LogP contribution in [0.4, 0.5) is 0 Å². The van der Waals surface area contributed by atoms with Crippen molar-refractivity contribution in [2.24, 2.45) is 11.8 Å². The number of hydrogen-bond acceptors (Lipinski definition) is 7. The summed E-state index contributed by atoms with van der Waals surface area (Å²) in [5.74, 6) is -4.03. The third kappa shape index (κ3) is 7.82. The number of carbonyl (C=O) groups is 5. The van der Waals surface area contributed by atoms with Crippen LogP contribution in [0.15, 0.2) is 0 Å². The number of nitrogens with zero attached hydrogens (tertiary/aromatic N) is 1. The van der Waals surface area contributed by atoms with Crippen molar-refractivity contribution in [3.05, 3.63) is 0 Å². The smallest absolute Gasteiger partial charge is 0.396 e. The Balaban J connectivity index is 1.79. The molecule has 0 saturated carbocycles. The van der Waals surface area contributed by atoms with Crippen LogP contribution in [0, 0.1) is 11.8 Å². The first-order chi connectivity index (χ1) is 14.8. The van der Waals surface area contributed by atoms with Crippen LogP contribution < -0.4 is 16.0 Å². The summed E-state index contributed by atoms with van der Waals surface area (Å²) in [6.45, 7) is 2.51. The molecule has 2 saturated heterocycles. The maximum absolute atomic E-state index is 12.6. The number of carboxylic acid groups (broad SMARTS) is 1. The van der Waals surface area contributed by atoms with E-state index in [-0.39, 0.29) is 18.4 Å². The van der Waals surface area contributed by atoms with Crippen molar-refractivity contribution in [1.82, 2.24) is 20.9 Å². The van der Waals surface area contributed by atoms with Crippen LogP contribution in [-0.2, 0) is 28.7 Å². The standard InChI is InChI=1S/C20H32N4O7/c1-31-20(30)18(27)23-15(19(28)29)11-22-17(26)14-3-2-10-24(12-14)16(25)5-4-13-6-8-21-9-7-13/h13-15,21H,2-12H2,1H3,(H,22,26)(H,23,27)(H,28,29)/t14-,15+/m1/s1. The zero-order valence-electron chi connectivity index (χ0n) is 17.9. The van der Waals surface area contributed by atoms with E-state index < -0.39 is 29.8 Å². The number of likely N-dealkylation sites (tertiary alicyclic amines) is 1. The molecule has 0 aromatic carbocycles. The number of ether oxygens (including phenoxy) is 1. The highest BCUT2D eigenvalue weighted by Gasteiger charge is 2.30. The van der Waals surface area contributed by atoms with E-state index in [4.69, 9.17) is 0 Å². The molecule has 174 valence electrons. The molecule has 0 spiro atoms. The van der Waals surface area contributed by atoms with E-state index in [9.17, 15) is 29.1 Å². The van der Waals surface area contributed by atoms with E-state index in [2.05, 4.69) is 15.4 Å². The highest BCUT2D eigenvalue weighted by molar-refractivity contribution is 6.32. The third-order valence-corrected chi connectivity index (χ3v) is 5.82. The normalized spacial score (nSPS) is 20.4. The largest absolute Gasteiger partial charge is 0.480 e. The summed E-state index contributed by atoms with van der Waals surface area (Å²) in [4.78, 5) is 60.8. The number of hydrogen-bond donors (Lipinski definition) is 4. The first-order valence-electron chi connectivity index (χ1n) is 10.7. The highest BCUT2D eigenvalue weighted by atomic mass is 16.5. The molecule has 11 nitrogen and oxygen atoms in total. The summed E-state index contributed by atoms with van der Waals surface area (Å²) in [7, 11) is 1.00. The number of carbonyl (C=O) groups excluding carboxylic acids is 4. The van der Waals surface area contributed by atoms with E-state index in [0.717, 1.165) is 39.5 Å². The number of methoxy groups -OCH3 is 1. The summed E-state index contributed by atoms with van der Waals surface area (Å²) in [5, 5.41) is 17.0. The van der Waals surface area contributed by atoms with Crippen molar-refractivity contribution in [3.63, 3.8) is 0 Å². The maximum Gasteiger partial charge on any atom is 0.396 e. The molecule has 2 aliphatic rings.